The molecule has 0 aliphatic heterocycles. The number of nitrogens with zero attached hydrogens (tertiary/aromatic N) is 2. The van der Waals surface area contributed by atoms with E-state index >= 15 is 0 Å². The maximum Gasteiger partial charge on any atom is 0.341 e. The molecule has 0 aromatic carbocycles. The molecule has 0 aliphatic rings. The summed E-state index contributed by atoms with van der Waals surface area (Å²) in [5.74, 6) is 0.289. The van der Waals surface area contributed by atoms with Crippen LogP contribution in [-0.2, 0) is 4.74 Å². The van der Waals surface area contributed by atoms with Crippen molar-refractivity contribution in [2.24, 2.45) is 0 Å². The van der Waals surface area contributed by atoms with Gasteiger partial charge in [0.25, 0.3) is 0 Å². The molecule has 0 amide bonds. The van der Waals surface area contributed by atoms with Crippen molar-refractivity contribution in [1.29, 1.82) is 0 Å². The quantitative estimate of drug-likeness (QED) is 0.609. The Morgan fingerprint density at radius 2 is 1.62 bits per heavy atom. The van der Waals surface area contributed by atoms with Crippen molar-refractivity contribution in [1.82, 2.24) is 9.97 Å². The van der Waals surface area contributed by atoms with Crippen LogP contribution in [0.3, 0.4) is 0 Å². The first-order valence-corrected chi connectivity index (χ1v) is 3.96. The van der Waals surface area contributed by atoms with Gasteiger partial charge in [0, 0.05) is 0 Å². The molecule has 0 bridgehead atoms. The summed E-state index contributed by atoms with van der Waals surface area (Å²) in [4.78, 5) is 19.4. The summed E-state index contributed by atoms with van der Waals surface area (Å²) in [6.07, 6.45) is 0. The van der Waals surface area contributed by atoms with Gasteiger partial charge in [0.2, 0.25) is 0 Å². The van der Waals surface area contributed by atoms with Gasteiger partial charge in [-0.1, -0.05) is 0 Å². The van der Waals surface area contributed by atoms with E-state index in [4.69, 9.17) is 0 Å². The van der Waals surface area contributed by atoms with Gasteiger partial charge in [-0.3, -0.25) is 0 Å². The van der Waals surface area contributed by atoms with E-state index < -0.39 is 0 Å². The van der Waals surface area contributed by atoms with E-state index in [-0.39, 0.29) is 5.97 Å². The maximum atomic E-state index is 11.3. The van der Waals surface area contributed by atoms with Gasteiger partial charge in [-0.05, 0) is 20.8 Å². The summed E-state index contributed by atoms with van der Waals surface area (Å²) >= 11 is 0. The summed E-state index contributed by atoms with van der Waals surface area (Å²) < 4.78 is 4.62. The summed E-state index contributed by atoms with van der Waals surface area (Å²) in [6.45, 7) is 5.34. The fourth-order valence-electron chi connectivity index (χ4n) is 1.28. The van der Waals surface area contributed by atoms with E-state index in [0.717, 1.165) is 0 Å². The zero-order chi connectivity index (χ0) is 10.0. The van der Waals surface area contributed by atoms with E-state index in [1.165, 1.54) is 7.11 Å². The predicted molar refractivity (Wildman–Crippen MR) is 47.6 cm³/mol. The predicted octanol–water partition coefficient (Wildman–Crippen LogP) is 1.19. The SMILES string of the molecule is COC(=O)c1c(C)nc(C)nc1C. The zero-order valence-electron chi connectivity index (χ0n) is 8.21. The average molecular weight is 180 g/mol. The molecule has 0 N–H and O–H groups in total. The highest BCUT2D eigenvalue weighted by Gasteiger charge is 2.14. The van der Waals surface area contributed by atoms with E-state index in [1.807, 2.05) is 0 Å². The zero-order valence-corrected chi connectivity index (χ0v) is 8.21. The van der Waals surface area contributed by atoms with Crippen LogP contribution in [-0.4, -0.2) is 23.0 Å². The van der Waals surface area contributed by atoms with Gasteiger partial charge < -0.3 is 4.74 Å². The molecular weight excluding hydrogens is 168 g/mol. The third-order valence-corrected chi connectivity index (χ3v) is 1.77. The van der Waals surface area contributed by atoms with Crippen LogP contribution in [0.25, 0.3) is 0 Å². The number of ether oxygens (including phenoxy) is 1. The first-order chi connectivity index (χ1) is 6.06. The molecule has 4 heteroatoms. The Morgan fingerprint density at radius 3 is 2.00 bits per heavy atom. The highest BCUT2D eigenvalue weighted by Crippen LogP contribution is 2.10. The van der Waals surface area contributed by atoms with Crippen molar-refractivity contribution in [3.05, 3.63) is 22.8 Å². The molecule has 1 aromatic rings. The molecule has 1 rings (SSSR count). The third-order valence-electron chi connectivity index (χ3n) is 1.77. The van der Waals surface area contributed by atoms with Crippen molar-refractivity contribution >= 4 is 5.97 Å². The molecule has 0 saturated carbocycles. The van der Waals surface area contributed by atoms with Crippen molar-refractivity contribution in [3.63, 3.8) is 0 Å². The number of aromatic nitrogens is 2. The fourth-order valence-corrected chi connectivity index (χ4v) is 1.28. The van der Waals surface area contributed by atoms with Crippen LogP contribution in [0.4, 0.5) is 0 Å². The molecule has 0 saturated heterocycles. The van der Waals surface area contributed by atoms with Crippen LogP contribution >= 0.6 is 0 Å². The van der Waals surface area contributed by atoms with Crippen molar-refractivity contribution in [2.45, 2.75) is 20.8 Å². The second kappa shape index (κ2) is 3.51. The molecule has 0 atom stereocenters. The van der Waals surface area contributed by atoms with Gasteiger partial charge in [-0.15, -0.1) is 0 Å². The van der Waals surface area contributed by atoms with Crippen LogP contribution in [0.5, 0.6) is 0 Å². The molecule has 1 heterocycles. The Bertz CT molecular complexity index is 324. The second-order valence-corrected chi connectivity index (χ2v) is 2.81. The minimum Gasteiger partial charge on any atom is -0.465 e. The van der Waals surface area contributed by atoms with Gasteiger partial charge in [0.1, 0.15) is 11.4 Å². The van der Waals surface area contributed by atoms with E-state index in [0.29, 0.717) is 22.8 Å². The van der Waals surface area contributed by atoms with E-state index in [9.17, 15) is 4.79 Å². The lowest BCUT2D eigenvalue weighted by Crippen LogP contribution is -2.10. The number of hydrogen-bond donors (Lipinski definition) is 0. The van der Waals surface area contributed by atoms with Gasteiger partial charge in [0.05, 0.1) is 18.5 Å². The lowest BCUT2D eigenvalue weighted by Gasteiger charge is -2.06. The first-order valence-electron chi connectivity index (χ1n) is 3.96. The molecule has 0 radical (unpaired) electrons. The van der Waals surface area contributed by atoms with Gasteiger partial charge >= 0.3 is 5.97 Å². The molecule has 0 unspecified atom stereocenters. The summed E-state index contributed by atoms with van der Waals surface area (Å²) in [5.41, 5.74) is 1.79. The lowest BCUT2D eigenvalue weighted by atomic mass is 10.2. The average Bonchev–Trinajstić information content (AvgIpc) is 2.02. The van der Waals surface area contributed by atoms with Gasteiger partial charge in [0.15, 0.2) is 0 Å². The van der Waals surface area contributed by atoms with Crippen molar-refractivity contribution in [2.75, 3.05) is 7.11 Å². The Hall–Kier alpha value is -1.45. The summed E-state index contributed by atoms with van der Waals surface area (Å²) in [6, 6.07) is 0. The molecule has 13 heavy (non-hydrogen) atoms. The van der Waals surface area contributed by atoms with Crippen LogP contribution in [0.2, 0.25) is 0 Å². The topological polar surface area (TPSA) is 52.1 Å². The molecule has 70 valence electrons. The molecular formula is C9H12N2O2. The van der Waals surface area contributed by atoms with Gasteiger partial charge in [-0.25, -0.2) is 14.8 Å². The third kappa shape index (κ3) is 1.83. The summed E-state index contributed by atoms with van der Waals surface area (Å²) in [5, 5.41) is 0. The number of methoxy groups -OCH3 is 1. The first kappa shape index (κ1) is 9.64. The van der Waals surface area contributed by atoms with Gasteiger partial charge in [-0.2, -0.15) is 0 Å². The lowest BCUT2D eigenvalue weighted by molar-refractivity contribution is 0.0598. The van der Waals surface area contributed by atoms with Crippen LogP contribution in [0.15, 0.2) is 0 Å². The fraction of sp³-hybridized carbons (Fsp3) is 0.444. The molecule has 0 spiro atoms. The molecule has 0 fully saturated rings. The normalized spacial score (nSPS) is 9.85. The van der Waals surface area contributed by atoms with E-state index in [1.54, 1.807) is 20.8 Å². The highest BCUT2D eigenvalue weighted by atomic mass is 16.5. The Morgan fingerprint density at radius 1 is 1.15 bits per heavy atom. The maximum absolute atomic E-state index is 11.3. The number of hydrogen-bond acceptors (Lipinski definition) is 4. The molecule has 4 nitrogen and oxygen atoms in total. The minimum absolute atomic E-state index is 0.380. The van der Waals surface area contributed by atoms with Crippen LogP contribution in [0.1, 0.15) is 27.6 Å². The standard InChI is InChI=1S/C9H12N2O2/c1-5-8(9(12)13-4)6(2)11-7(3)10-5/h1-4H3. The Balaban J connectivity index is 3.28. The number of rotatable bonds is 1. The second-order valence-electron chi connectivity index (χ2n) is 2.81. The van der Waals surface area contributed by atoms with Crippen molar-refractivity contribution in [3.8, 4) is 0 Å². The molecule has 0 aliphatic carbocycles. The van der Waals surface area contributed by atoms with Crippen LogP contribution < -0.4 is 0 Å². The monoisotopic (exact) mass is 180 g/mol. The smallest absolute Gasteiger partial charge is 0.341 e. The largest absolute Gasteiger partial charge is 0.465 e. The number of carbonyl (C=O) groups is 1. The molecule has 1 aromatic heterocycles. The minimum atomic E-state index is -0.380. The number of aryl methyl sites for hydroxylation is 3. The number of carbonyl (C=O) groups excluding carboxylic acids is 1. The van der Waals surface area contributed by atoms with Crippen molar-refractivity contribution < 1.29 is 9.53 Å². The Labute approximate surface area is 77.0 Å². The Kier molecular flexibility index (Phi) is 2.60. The summed E-state index contributed by atoms with van der Waals surface area (Å²) in [7, 11) is 1.35. The van der Waals surface area contributed by atoms with Crippen LogP contribution in [0, 0.1) is 20.8 Å². The van der Waals surface area contributed by atoms with E-state index in [2.05, 4.69) is 14.7 Å². The highest BCUT2D eigenvalue weighted by molar-refractivity contribution is 5.91. The number of esters is 1.